The van der Waals surface area contributed by atoms with E-state index in [1.54, 1.807) is 34.6 Å². The van der Waals surface area contributed by atoms with Crippen molar-refractivity contribution in [2.24, 2.45) is 56.4 Å². The largest absolute Gasteiger partial charge is 0.480 e. The van der Waals surface area contributed by atoms with Crippen LogP contribution < -0.4 is 49.9 Å². The number of aliphatic imine (C=N–C) groups is 2. The Morgan fingerprint density at radius 3 is 1.52 bits per heavy atom. The number of nitrogens with two attached hydrogens (primary N) is 5. The molecule has 0 aliphatic carbocycles. The van der Waals surface area contributed by atoms with Crippen molar-refractivity contribution in [2.45, 2.75) is 110 Å². The van der Waals surface area contributed by atoms with Crippen molar-refractivity contribution < 1.29 is 29.1 Å². The number of hydrogen-bond acceptors (Lipinski definition) is 8. The summed E-state index contributed by atoms with van der Waals surface area (Å²) in [5.41, 5.74) is 27.4. The van der Waals surface area contributed by atoms with E-state index in [-0.39, 0.29) is 43.1 Å². The van der Waals surface area contributed by atoms with Crippen LogP contribution in [0, 0.1) is 17.8 Å². The first-order valence-electron chi connectivity index (χ1n) is 15.8. The SMILES string of the molecule is CCC(C)C(NC(=O)C(CCCN=C(N)N)NC(=O)C(NC(=O)C(NC(=O)C(N)CCCN=C(N)N)C(C)CC)C(C)C)C(=O)O. The number of aliphatic carboxylic acids is 1. The molecule has 0 spiro atoms. The molecule has 0 aromatic rings. The Bertz CT molecular complexity index is 1060. The van der Waals surface area contributed by atoms with Crippen molar-refractivity contribution in [2.75, 3.05) is 13.1 Å². The summed E-state index contributed by atoms with van der Waals surface area (Å²) in [6.45, 7) is 11.0. The number of carboxylic acids is 1. The van der Waals surface area contributed by atoms with Crippen molar-refractivity contribution >= 4 is 41.5 Å². The second kappa shape index (κ2) is 21.6. The maximum atomic E-state index is 13.5. The molecule has 4 amide bonds. The zero-order valence-electron chi connectivity index (χ0n) is 28.0. The fraction of sp³-hybridized carbons (Fsp3) is 0.759. The molecule has 15 N–H and O–H groups in total. The Kier molecular flexibility index (Phi) is 19.6. The summed E-state index contributed by atoms with van der Waals surface area (Å²) in [5, 5.41) is 20.3. The Hall–Kier alpha value is -4.15. The lowest BCUT2D eigenvalue weighted by atomic mass is 9.95. The molecule has 0 radical (unpaired) electrons. The van der Waals surface area contributed by atoms with Crippen LogP contribution in [-0.4, -0.2) is 89.9 Å². The molecule has 0 rings (SSSR count). The first-order valence-corrected chi connectivity index (χ1v) is 15.8. The summed E-state index contributed by atoms with van der Waals surface area (Å²) in [6.07, 6.45) is 2.15. The summed E-state index contributed by atoms with van der Waals surface area (Å²) in [4.78, 5) is 72.8. The Balaban J connectivity index is 5.89. The third-order valence-corrected chi connectivity index (χ3v) is 7.70. The Morgan fingerprint density at radius 1 is 0.630 bits per heavy atom. The van der Waals surface area contributed by atoms with E-state index in [9.17, 15) is 29.1 Å². The zero-order chi connectivity index (χ0) is 35.6. The van der Waals surface area contributed by atoms with Gasteiger partial charge in [0.15, 0.2) is 11.9 Å². The number of carbonyl (C=O) groups is 5. The fourth-order valence-electron chi connectivity index (χ4n) is 4.36. The van der Waals surface area contributed by atoms with Crippen molar-refractivity contribution in [3.8, 4) is 0 Å². The molecule has 0 aromatic carbocycles. The summed E-state index contributed by atoms with van der Waals surface area (Å²) in [7, 11) is 0. The van der Waals surface area contributed by atoms with E-state index >= 15 is 0 Å². The molecule has 0 heterocycles. The molecular formula is C29H57N11O6. The highest BCUT2D eigenvalue weighted by molar-refractivity contribution is 5.95. The second-order valence-electron chi connectivity index (χ2n) is 11.9. The van der Waals surface area contributed by atoms with E-state index in [4.69, 9.17) is 28.7 Å². The molecule has 0 aliphatic heterocycles. The van der Waals surface area contributed by atoms with Gasteiger partial charge in [0.2, 0.25) is 23.6 Å². The highest BCUT2D eigenvalue weighted by Crippen LogP contribution is 2.13. The summed E-state index contributed by atoms with van der Waals surface area (Å²) in [6, 6.07) is -5.33. The molecule has 0 aromatic heterocycles. The standard InChI is InChI=1S/C29H57N11O6/c1-7-16(5)21(39-23(41)18(30)11-9-13-35-28(31)32)26(44)38-20(15(3)4)25(43)37-19(12-10-14-36-29(33)34)24(42)40-22(27(45)46)17(6)8-2/h15-22H,7-14,30H2,1-6H3,(H,37,43)(H,38,44)(H,39,41)(H,40,42)(H,45,46)(H4,31,32,35)(H4,33,34,36). The van der Waals surface area contributed by atoms with Gasteiger partial charge in [-0.05, 0) is 43.4 Å². The molecule has 0 saturated heterocycles. The zero-order valence-corrected chi connectivity index (χ0v) is 28.0. The van der Waals surface area contributed by atoms with Crippen LogP contribution in [0.4, 0.5) is 0 Å². The average molecular weight is 656 g/mol. The van der Waals surface area contributed by atoms with E-state index in [1.165, 1.54) is 0 Å². The van der Waals surface area contributed by atoms with Crippen molar-refractivity contribution in [3.63, 3.8) is 0 Å². The molecule has 0 saturated carbocycles. The van der Waals surface area contributed by atoms with E-state index in [0.29, 0.717) is 32.2 Å². The molecule has 7 atom stereocenters. The maximum Gasteiger partial charge on any atom is 0.326 e. The van der Waals surface area contributed by atoms with Gasteiger partial charge in [-0.3, -0.25) is 29.2 Å². The van der Waals surface area contributed by atoms with Crippen LogP contribution in [0.2, 0.25) is 0 Å². The van der Waals surface area contributed by atoms with Gasteiger partial charge in [-0.25, -0.2) is 4.79 Å². The van der Waals surface area contributed by atoms with Gasteiger partial charge in [0, 0.05) is 13.1 Å². The van der Waals surface area contributed by atoms with Gasteiger partial charge >= 0.3 is 5.97 Å². The predicted octanol–water partition coefficient (Wildman–Crippen LogP) is -1.81. The predicted molar refractivity (Wildman–Crippen MR) is 177 cm³/mol. The van der Waals surface area contributed by atoms with Gasteiger partial charge in [-0.15, -0.1) is 0 Å². The minimum atomic E-state index is -1.20. The minimum absolute atomic E-state index is 0.0660. The van der Waals surface area contributed by atoms with E-state index in [2.05, 4.69) is 31.3 Å². The Morgan fingerprint density at radius 2 is 1.07 bits per heavy atom. The number of carboxylic acid groups (broad SMARTS) is 1. The first kappa shape index (κ1) is 41.9. The highest BCUT2D eigenvalue weighted by Gasteiger charge is 2.35. The summed E-state index contributed by atoms with van der Waals surface area (Å²) < 4.78 is 0. The number of carbonyl (C=O) groups excluding carboxylic acids is 4. The number of guanidine groups is 2. The van der Waals surface area contributed by atoms with Gasteiger partial charge in [0.25, 0.3) is 0 Å². The number of nitrogens with zero attached hydrogens (tertiary/aromatic N) is 2. The lowest BCUT2D eigenvalue weighted by molar-refractivity contribution is -0.144. The van der Waals surface area contributed by atoms with Crippen LogP contribution in [0.5, 0.6) is 0 Å². The maximum absolute atomic E-state index is 13.5. The summed E-state index contributed by atoms with van der Waals surface area (Å²) >= 11 is 0. The van der Waals surface area contributed by atoms with Gasteiger partial charge in [0.1, 0.15) is 24.2 Å². The molecule has 7 unspecified atom stereocenters. The van der Waals surface area contributed by atoms with Gasteiger partial charge < -0.3 is 55.0 Å². The molecule has 17 heteroatoms. The topological polar surface area (TPSA) is 309 Å². The molecule has 0 fully saturated rings. The summed E-state index contributed by atoms with van der Waals surface area (Å²) in [5.74, 6) is -5.00. The monoisotopic (exact) mass is 655 g/mol. The molecule has 17 nitrogen and oxygen atoms in total. The van der Waals surface area contributed by atoms with E-state index in [0.717, 1.165) is 0 Å². The van der Waals surface area contributed by atoms with Crippen LogP contribution in [0.15, 0.2) is 9.98 Å². The first-order chi connectivity index (χ1) is 21.5. The van der Waals surface area contributed by atoms with Crippen molar-refractivity contribution in [1.82, 2.24) is 21.3 Å². The molecular weight excluding hydrogens is 598 g/mol. The number of nitrogens with one attached hydrogen (secondary N) is 4. The number of rotatable bonds is 22. The number of amides is 4. The molecule has 0 bridgehead atoms. The number of hydrogen-bond donors (Lipinski definition) is 10. The lowest BCUT2D eigenvalue weighted by Gasteiger charge is -2.30. The van der Waals surface area contributed by atoms with Crippen molar-refractivity contribution in [3.05, 3.63) is 0 Å². The van der Waals surface area contributed by atoms with Gasteiger partial charge in [-0.1, -0.05) is 54.4 Å². The Labute approximate surface area is 271 Å². The van der Waals surface area contributed by atoms with Crippen molar-refractivity contribution in [1.29, 1.82) is 0 Å². The smallest absolute Gasteiger partial charge is 0.326 e. The third-order valence-electron chi connectivity index (χ3n) is 7.70. The van der Waals surface area contributed by atoms with Gasteiger partial charge in [0.05, 0.1) is 6.04 Å². The van der Waals surface area contributed by atoms with Crippen LogP contribution >= 0.6 is 0 Å². The second-order valence-corrected chi connectivity index (χ2v) is 11.9. The average Bonchev–Trinajstić information content (AvgIpc) is 2.98. The lowest BCUT2D eigenvalue weighted by Crippen LogP contribution is -2.60. The van der Waals surface area contributed by atoms with Crippen LogP contribution in [0.1, 0.15) is 80.1 Å². The molecule has 46 heavy (non-hydrogen) atoms. The van der Waals surface area contributed by atoms with Crippen LogP contribution in [-0.2, 0) is 24.0 Å². The quantitative estimate of drug-likeness (QED) is 0.0352. The van der Waals surface area contributed by atoms with E-state index in [1.807, 2.05) is 6.92 Å². The van der Waals surface area contributed by atoms with Crippen LogP contribution in [0.3, 0.4) is 0 Å². The van der Waals surface area contributed by atoms with Gasteiger partial charge in [-0.2, -0.15) is 0 Å². The molecule has 264 valence electrons. The normalized spacial score (nSPS) is 15.6. The molecule has 0 aliphatic rings. The minimum Gasteiger partial charge on any atom is -0.480 e. The van der Waals surface area contributed by atoms with E-state index < -0.39 is 65.7 Å². The fourth-order valence-corrected chi connectivity index (χ4v) is 4.36. The third kappa shape index (κ3) is 15.7. The highest BCUT2D eigenvalue weighted by atomic mass is 16.4. The van der Waals surface area contributed by atoms with Crippen LogP contribution in [0.25, 0.3) is 0 Å².